The molecule has 0 saturated carbocycles. The minimum Gasteiger partial charge on any atom is -0.356 e. The lowest BCUT2D eigenvalue weighted by molar-refractivity contribution is 0.102. The van der Waals surface area contributed by atoms with E-state index in [9.17, 15) is 4.79 Å². The van der Waals surface area contributed by atoms with Crippen LogP contribution in [0.2, 0.25) is 0 Å². The largest absolute Gasteiger partial charge is 0.356 e. The number of nitrogens with one attached hydrogen (secondary N) is 1. The number of anilines is 2. The smallest absolute Gasteiger partial charge is 0.277 e. The van der Waals surface area contributed by atoms with Gasteiger partial charge in [-0.3, -0.25) is 9.78 Å². The zero-order valence-corrected chi connectivity index (χ0v) is 10.9. The molecule has 7 heteroatoms. The van der Waals surface area contributed by atoms with Gasteiger partial charge in [0.25, 0.3) is 5.91 Å². The lowest BCUT2D eigenvalue weighted by atomic mass is 10.4. The van der Waals surface area contributed by atoms with Crippen molar-refractivity contribution in [1.29, 1.82) is 0 Å². The van der Waals surface area contributed by atoms with Gasteiger partial charge in [-0.25, -0.2) is 15.0 Å². The van der Waals surface area contributed by atoms with Crippen molar-refractivity contribution in [3.8, 4) is 0 Å². The first-order valence-corrected chi connectivity index (χ1v) is 6.47. The van der Waals surface area contributed by atoms with Gasteiger partial charge < -0.3 is 10.2 Å². The van der Waals surface area contributed by atoms with Crippen LogP contribution in [-0.4, -0.2) is 38.9 Å². The molecule has 0 bridgehead atoms. The van der Waals surface area contributed by atoms with Crippen LogP contribution in [0.1, 0.15) is 23.3 Å². The average molecular weight is 270 g/mol. The van der Waals surface area contributed by atoms with Crippen molar-refractivity contribution < 1.29 is 4.79 Å². The molecule has 0 unspecified atom stereocenters. The van der Waals surface area contributed by atoms with Gasteiger partial charge in [0.2, 0.25) is 0 Å². The topological polar surface area (TPSA) is 83.9 Å². The summed E-state index contributed by atoms with van der Waals surface area (Å²) in [6.45, 7) is 1.99. The molecule has 7 nitrogen and oxygen atoms in total. The summed E-state index contributed by atoms with van der Waals surface area (Å²) in [7, 11) is 0. The molecule has 0 radical (unpaired) electrons. The summed E-state index contributed by atoms with van der Waals surface area (Å²) in [5.74, 6) is 0.980. The molecule has 1 saturated heterocycles. The van der Waals surface area contributed by atoms with E-state index in [1.54, 1.807) is 6.07 Å². The molecule has 102 valence electrons. The number of hydrogen-bond acceptors (Lipinski definition) is 6. The van der Waals surface area contributed by atoms with E-state index >= 15 is 0 Å². The fraction of sp³-hybridized carbons (Fsp3) is 0.308. The zero-order chi connectivity index (χ0) is 13.8. The Morgan fingerprint density at radius 2 is 2.00 bits per heavy atom. The van der Waals surface area contributed by atoms with Gasteiger partial charge >= 0.3 is 0 Å². The van der Waals surface area contributed by atoms with E-state index in [0.717, 1.165) is 18.9 Å². The third-order valence-electron chi connectivity index (χ3n) is 3.12. The van der Waals surface area contributed by atoms with Crippen molar-refractivity contribution >= 4 is 17.5 Å². The summed E-state index contributed by atoms with van der Waals surface area (Å²) in [6.07, 6.45) is 8.21. The molecule has 2 aromatic heterocycles. The standard InChI is InChI=1S/C13H14N6O/c20-13(10-8-14-3-4-15-10)18-11-7-12(17-9-16-11)19-5-1-2-6-19/h3-4,7-9H,1-2,5-6H2,(H,16,17,18,20). The molecular formula is C13H14N6O. The second-order valence-corrected chi connectivity index (χ2v) is 4.50. The molecule has 2 aromatic rings. The van der Waals surface area contributed by atoms with Crippen molar-refractivity contribution in [2.24, 2.45) is 0 Å². The third-order valence-corrected chi connectivity index (χ3v) is 3.12. The summed E-state index contributed by atoms with van der Waals surface area (Å²) in [4.78, 5) is 30.2. The maximum Gasteiger partial charge on any atom is 0.277 e. The molecule has 0 aliphatic carbocycles. The number of carbonyl (C=O) groups is 1. The summed E-state index contributed by atoms with van der Waals surface area (Å²) in [5.41, 5.74) is 0.258. The van der Waals surface area contributed by atoms with E-state index < -0.39 is 0 Å². The summed E-state index contributed by atoms with van der Waals surface area (Å²) < 4.78 is 0. The Morgan fingerprint density at radius 3 is 2.75 bits per heavy atom. The normalized spacial score (nSPS) is 14.3. The molecule has 1 amide bonds. The Hall–Kier alpha value is -2.57. The highest BCUT2D eigenvalue weighted by Crippen LogP contribution is 2.19. The Balaban J connectivity index is 1.74. The van der Waals surface area contributed by atoms with E-state index in [1.807, 2.05) is 0 Å². The second-order valence-electron chi connectivity index (χ2n) is 4.50. The van der Waals surface area contributed by atoms with Crippen LogP contribution in [0, 0.1) is 0 Å². The number of aromatic nitrogens is 4. The van der Waals surface area contributed by atoms with Crippen LogP contribution in [-0.2, 0) is 0 Å². The van der Waals surface area contributed by atoms with Gasteiger partial charge in [-0.05, 0) is 12.8 Å². The fourth-order valence-electron chi connectivity index (χ4n) is 2.13. The molecule has 0 spiro atoms. The average Bonchev–Trinajstić information content (AvgIpc) is 3.03. The zero-order valence-electron chi connectivity index (χ0n) is 10.9. The van der Waals surface area contributed by atoms with Crippen LogP contribution in [0.3, 0.4) is 0 Å². The molecular weight excluding hydrogens is 256 g/mol. The van der Waals surface area contributed by atoms with Crippen molar-refractivity contribution in [3.63, 3.8) is 0 Å². The van der Waals surface area contributed by atoms with Crippen LogP contribution in [0.5, 0.6) is 0 Å². The van der Waals surface area contributed by atoms with Gasteiger partial charge in [-0.1, -0.05) is 0 Å². The second kappa shape index (κ2) is 5.60. The Labute approximate surface area is 116 Å². The molecule has 1 fully saturated rings. The maximum absolute atomic E-state index is 12.0. The van der Waals surface area contributed by atoms with Crippen molar-refractivity contribution in [3.05, 3.63) is 36.7 Å². The summed E-state index contributed by atoms with van der Waals surface area (Å²) in [6, 6.07) is 1.78. The van der Waals surface area contributed by atoms with E-state index in [4.69, 9.17) is 0 Å². The molecule has 0 atom stereocenters. The third kappa shape index (κ3) is 2.71. The molecule has 20 heavy (non-hydrogen) atoms. The van der Waals surface area contributed by atoms with Gasteiger partial charge in [-0.2, -0.15) is 0 Å². The Kier molecular flexibility index (Phi) is 3.49. The molecule has 1 aliphatic rings. The highest BCUT2D eigenvalue weighted by Gasteiger charge is 2.15. The molecule has 3 heterocycles. The first-order valence-electron chi connectivity index (χ1n) is 6.47. The van der Waals surface area contributed by atoms with Gasteiger partial charge in [0.15, 0.2) is 0 Å². The van der Waals surface area contributed by atoms with Gasteiger partial charge in [0.1, 0.15) is 23.7 Å². The van der Waals surface area contributed by atoms with Gasteiger partial charge in [0, 0.05) is 31.5 Å². The molecule has 0 aromatic carbocycles. The van der Waals surface area contributed by atoms with Crippen LogP contribution in [0.4, 0.5) is 11.6 Å². The van der Waals surface area contributed by atoms with E-state index in [-0.39, 0.29) is 11.6 Å². The van der Waals surface area contributed by atoms with Crippen LogP contribution < -0.4 is 10.2 Å². The predicted octanol–water partition coefficient (Wildman–Crippen LogP) is 1.12. The maximum atomic E-state index is 12.0. The highest BCUT2D eigenvalue weighted by molar-refractivity contribution is 6.02. The quantitative estimate of drug-likeness (QED) is 0.899. The predicted molar refractivity (Wildman–Crippen MR) is 73.5 cm³/mol. The van der Waals surface area contributed by atoms with Gasteiger partial charge in [-0.15, -0.1) is 0 Å². The van der Waals surface area contributed by atoms with E-state index in [2.05, 4.69) is 30.2 Å². The number of carbonyl (C=O) groups excluding carboxylic acids is 1. The summed E-state index contributed by atoms with van der Waals surface area (Å²) >= 11 is 0. The Morgan fingerprint density at radius 1 is 1.15 bits per heavy atom. The lowest BCUT2D eigenvalue weighted by Gasteiger charge is -2.16. The number of hydrogen-bond donors (Lipinski definition) is 1. The van der Waals surface area contributed by atoms with Crippen molar-refractivity contribution in [2.75, 3.05) is 23.3 Å². The van der Waals surface area contributed by atoms with Gasteiger partial charge in [0.05, 0.1) is 6.20 Å². The molecule has 3 rings (SSSR count). The minimum atomic E-state index is -0.329. The van der Waals surface area contributed by atoms with E-state index in [0.29, 0.717) is 5.82 Å². The minimum absolute atomic E-state index is 0.258. The number of rotatable bonds is 3. The lowest BCUT2D eigenvalue weighted by Crippen LogP contribution is -2.20. The van der Waals surface area contributed by atoms with Crippen LogP contribution in [0.15, 0.2) is 31.0 Å². The first-order chi connectivity index (χ1) is 9.83. The molecule has 1 N–H and O–H groups in total. The molecule has 1 aliphatic heterocycles. The monoisotopic (exact) mass is 270 g/mol. The number of nitrogens with zero attached hydrogens (tertiary/aromatic N) is 5. The number of amides is 1. The Bertz CT molecular complexity index is 597. The van der Waals surface area contributed by atoms with Crippen molar-refractivity contribution in [2.45, 2.75) is 12.8 Å². The fourth-order valence-corrected chi connectivity index (χ4v) is 2.13. The SMILES string of the molecule is O=C(Nc1cc(N2CCCC2)ncn1)c1cnccn1. The van der Waals surface area contributed by atoms with Crippen molar-refractivity contribution in [1.82, 2.24) is 19.9 Å². The van der Waals surface area contributed by atoms with Crippen LogP contribution in [0.25, 0.3) is 0 Å². The highest BCUT2D eigenvalue weighted by atomic mass is 16.1. The summed E-state index contributed by atoms with van der Waals surface area (Å²) in [5, 5.41) is 2.70. The van der Waals surface area contributed by atoms with E-state index in [1.165, 1.54) is 37.8 Å². The van der Waals surface area contributed by atoms with Crippen LogP contribution >= 0.6 is 0 Å². The first kappa shape index (κ1) is 12.5.